The van der Waals surface area contributed by atoms with Gasteiger partial charge in [0, 0.05) is 32.6 Å². The molecule has 1 aromatic carbocycles. The number of aliphatic hydroxyl groups is 1. The highest BCUT2D eigenvalue weighted by molar-refractivity contribution is 6.00. The number of nitrogens with one attached hydrogen (secondary N) is 1. The highest BCUT2D eigenvalue weighted by Gasteiger charge is 2.54. The van der Waals surface area contributed by atoms with Crippen molar-refractivity contribution in [2.45, 2.75) is 88.3 Å². The fourth-order valence-corrected chi connectivity index (χ4v) is 6.08. The highest BCUT2D eigenvalue weighted by Crippen LogP contribution is 2.37. The van der Waals surface area contributed by atoms with Crippen LogP contribution < -0.4 is 10.1 Å². The van der Waals surface area contributed by atoms with E-state index in [0.717, 1.165) is 32.1 Å². The Kier molecular flexibility index (Phi) is 10.4. The molecule has 212 valence electrons. The standard InChI is InChI=1S/C28H41N3O6.ClH/c1-2-3-15-31-24(32)23(20-27(36)11-5-4-6-12-27)29-26(35)28(31)13-16-30(17-14-28)18-19-37-22-9-7-21(8-10-22)25(33)34;/h7-10,23,36H,2-6,11-20H2,1H3,(H,29,35)(H,33,34);1H/t23-;/m1./s1. The number of carbonyl (C=O) groups excluding carboxylic acids is 2. The monoisotopic (exact) mass is 551 g/mol. The van der Waals surface area contributed by atoms with Crippen LogP contribution in [0.3, 0.4) is 0 Å². The maximum atomic E-state index is 13.7. The molecule has 0 unspecified atom stereocenters. The van der Waals surface area contributed by atoms with Crippen molar-refractivity contribution >= 4 is 30.2 Å². The normalized spacial score (nSPS) is 23.0. The molecular weight excluding hydrogens is 510 g/mol. The quantitative estimate of drug-likeness (QED) is 0.408. The number of aromatic carboxylic acids is 1. The molecule has 9 nitrogen and oxygen atoms in total. The molecule has 0 aromatic heterocycles. The Labute approximate surface area is 231 Å². The maximum absolute atomic E-state index is 13.7. The minimum atomic E-state index is -0.969. The second-order valence-electron chi connectivity index (χ2n) is 10.9. The Morgan fingerprint density at radius 3 is 2.32 bits per heavy atom. The van der Waals surface area contributed by atoms with Gasteiger partial charge in [-0.2, -0.15) is 0 Å². The molecule has 3 fully saturated rings. The van der Waals surface area contributed by atoms with Gasteiger partial charge in [0.05, 0.1) is 11.2 Å². The number of piperazine rings is 1. The molecule has 4 rings (SSSR count). The average molecular weight is 552 g/mol. The molecule has 2 saturated heterocycles. The zero-order valence-corrected chi connectivity index (χ0v) is 23.1. The van der Waals surface area contributed by atoms with E-state index in [2.05, 4.69) is 17.1 Å². The summed E-state index contributed by atoms with van der Waals surface area (Å²) in [7, 11) is 0. The number of piperidine rings is 1. The van der Waals surface area contributed by atoms with E-state index in [4.69, 9.17) is 9.84 Å². The SMILES string of the molecule is CCCCN1C(=O)[C@@H](CC2(O)CCCCC2)NC(=O)C12CCN(CCOc1ccc(C(=O)O)cc1)CC2.Cl. The molecule has 1 saturated carbocycles. The molecule has 3 N–H and O–H groups in total. The number of hydrogen-bond acceptors (Lipinski definition) is 6. The topological polar surface area (TPSA) is 119 Å². The van der Waals surface area contributed by atoms with Crippen molar-refractivity contribution < 1.29 is 29.3 Å². The third kappa shape index (κ3) is 6.79. The lowest BCUT2D eigenvalue weighted by Gasteiger charge is -2.52. The predicted molar refractivity (Wildman–Crippen MR) is 146 cm³/mol. The molecule has 38 heavy (non-hydrogen) atoms. The van der Waals surface area contributed by atoms with E-state index in [9.17, 15) is 19.5 Å². The average Bonchev–Trinajstić information content (AvgIpc) is 2.89. The first kappa shape index (κ1) is 30.2. The van der Waals surface area contributed by atoms with Crippen LogP contribution in [0.4, 0.5) is 0 Å². The number of halogens is 1. The van der Waals surface area contributed by atoms with Gasteiger partial charge >= 0.3 is 5.97 Å². The van der Waals surface area contributed by atoms with Gasteiger partial charge in [0.2, 0.25) is 11.8 Å². The number of nitrogens with zero attached hydrogens (tertiary/aromatic N) is 2. The highest BCUT2D eigenvalue weighted by atomic mass is 35.5. The van der Waals surface area contributed by atoms with E-state index >= 15 is 0 Å². The van der Waals surface area contributed by atoms with Gasteiger partial charge in [-0.15, -0.1) is 12.4 Å². The van der Waals surface area contributed by atoms with Crippen molar-refractivity contribution in [2.75, 3.05) is 32.8 Å². The van der Waals surface area contributed by atoms with Crippen molar-refractivity contribution in [3.63, 3.8) is 0 Å². The number of carboxylic acid groups (broad SMARTS) is 1. The summed E-state index contributed by atoms with van der Waals surface area (Å²) < 4.78 is 5.79. The van der Waals surface area contributed by atoms with E-state index in [0.29, 0.717) is 70.6 Å². The summed E-state index contributed by atoms with van der Waals surface area (Å²) in [6, 6.07) is 5.69. The molecule has 2 heterocycles. The van der Waals surface area contributed by atoms with Crippen LogP contribution in [0.15, 0.2) is 24.3 Å². The third-order valence-corrected chi connectivity index (χ3v) is 8.37. The molecule has 1 spiro atoms. The largest absolute Gasteiger partial charge is 0.492 e. The van der Waals surface area contributed by atoms with Gasteiger partial charge in [-0.25, -0.2) is 4.79 Å². The number of amides is 2. The number of likely N-dealkylation sites (tertiary alicyclic amines) is 1. The minimum absolute atomic E-state index is 0. The minimum Gasteiger partial charge on any atom is -0.492 e. The Hall–Kier alpha value is -2.36. The summed E-state index contributed by atoms with van der Waals surface area (Å²) in [4.78, 5) is 42.3. The Balaban J connectivity index is 0.00000400. The predicted octanol–water partition coefficient (Wildman–Crippen LogP) is 3.23. The Morgan fingerprint density at radius 1 is 1.05 bits per heavy atom. The van der Waals surface area contributed by atoms with Gasteiger partial charge in [0.1, 0.15) is 23.9 Å². The summed E-state index contributed by atoms with van der Waals surface area (Å²) in [6.07, 6.45) is 7.62. The van der Waals surface area contributed by atoms with Crippen LogP contribution in [0, 0.1) is 0 Å². The van der Waals surface area contributed by atoms with Gasteiger partial charge in [0.15, 0.2) is 0 Å². The second kappa shape index (κ2) is 13.1. The molecular formula is C28H42ClN3O6. The van der Waals surface area contributed by atoms with E-state index in [-0.39, 0.29) is 29.8 Å². The van der Waals surface area contributed by atoms with Gasteiger partial charge < -0.3 is 25.2 Å². The second-order valence-corrected chi connectivity index (χ2v) is 10.9. The zero-order valence-electron chi connectivity index (χ0n) is 22.3. The van der Waals surface area contributed by atoms with Crippen LogP contribution in [-0.2, 0) is 9.59 Å². The summed E-state index contributed by atoms with van der Waals surface area (Å²) in [6.45, 7) is 5.13. The van der Waals surface area contributed by atoms with Crippen molar-refractivity contribution in [3.05, 3.63) is 29.8 Å². The molecule has 10 heteroatoms. The number of carbonyl (C=O) groups is 3. The lowest BCUT2D eigenvalue weighted by molar-refractivity contribution is -0.163. The van der Waals surface area contributed by atoms with Crippen LogP contribution >= 0.6 is 12.4 Å². The molecule has 2 aliphatic heterocycles. The maximum Gasteiger partial charge on any atom is 0.335 e. The summed E-state index contributed by atoms with van der Waals surface area (Å²) in [5.41, 5.74) is -1.48. The molecule has 1 aliphatic carbocycles. The third-order valence-electron chi connectivity index (χ3n) is 8.37. The van der Waals surface area contributed by atoms with Crippen molar-refractivity contribution in [1.29, 1.82) is 0 Å². The number of ether oxygens (including phenoxy) is 1. The number of carboxylic acids is 1. The van der Waals surface area contributed by atoms with Crippen LogP contribution in [0.2, 0.25) is 0 Å². The van der Waals surface area contributed by atoms with Gasteiger partial charge in [-0.3, -0.25) is 14.5 Å². The number of unbranched alkanes of at least 4 members (excludes halogenated alkanes) is 1. The van der Waals surface area contributed by atoms with E-state index in [1.807, 2.05) is 4.90 Å². The van der Waals surface area contributed by atoms with E-state index in [1.54, 1.807) is 12.1 Å². The van der Waals surface area contributed by atoms with Crippen LogP contribution in [0.5, 0.6) is 5.75 Å². The lowest BCUT2D eigenvalue weighted by atomic mass is 9.77. The van der Waals surface area contributed by atoms with Gasteiger partial charge in [-0.05, 0) is 56.4 Å². The first-order chi connectivity index (χ1) is 17.8. The Morgan fingerprint density at radius 2 is 1.71 bits per heavy atom. The zero-order chi connectivity index (χ0) is 26.5. The van der Waals surface area contributed by atoms with Crippen molar-refractivity contribution in [2.24, 2.45) is 0 Å². The molecule has 3 aliphatic rings. The summed E-state index contributed by atoms with van der Waals surface area (Å²) in [5, 5.41) is 23.1. The summed E-state index contributed by atoms with van der Waals surface area (Å²) >= 11 is 0. The fraction of sp³-hybridized carbons (Fsp3) is 0.679. The van der Waals surface area contributed by atoms with E-state index < -0.39 is 23.2 Å². The number of hydrogen-bond donors (Lipinski definition) is 3. The molecule has 1 aromatic rings. The lowest BCUT2D eigenvalue weighted by Crippen LogP contribution is -2.73. The van der Waals surface area contributed by atoms with Crippen LogP contribution in [0.1, 0.15) is 81.5 Å². The van der Waals surface area contributed by atoms with E-state index in [1.165, 1.54) is 12.1 Å². The van der Waals surface area contributed by atoms with Gasteiger partial charge in [0.25, 0.3) is 0 Å². The van der Waals surface area contributed by atoms with Crippen molar-refractivity contribution in [3.8, 4) is 5.75 Å². The molecule has 1 atom stereocenters. The Bertz CT molecular complexity index is 958. The number of benzene rings is 1. The first-order valence-corrected chi connectivity index (χ1v) is 13.8. The number of rotatable bonds is 10. The summed E-state index contributed by atoms with van der Waals surface area (Å²) in [5.74, 6) is -0.481. The molecule has 0 bridgehead atoms. The van der Waals surface area contributed by atoms with Crippen LogP contribution in [0.25, 0.3) is 0 Å². The van der Waals surface area contributed by atoms with Crippen molar-refractivity contribution in [1.82, 2.24) is 15.1 Å². The van der Waals surface area contributed by atoms with Crippen LogP contribution in [-0.4, -0.2) is 87.8 Å². The first-order valence-electron chi connectivity index (χ1n) is 13.8. The fourth-order valence-electron chi connectivity index (χ4n) is 6.08. The smallest absolute Gasteiger partial charge is 0.335 e. The molecule has 2 amide bonds. The molecule has 0 radical (unpaired) electrons. The van der Waals surface area contributed by atoms with Gasteiger partial charge in [-0.1, -0.05) is 32.6 Å².